The number of hydrogen-bond donors (Lipinski definition) is 1. The van der Waals surface area contributed by atoms with Gasteiger partial charge in [0, 0.05) is 13.7 Å². The van der Waals surface area contributed by atoms with Crippen LogP contribution in [0.3, 0.4) is 0 Å². The second-order valence-corrected chi connectivity index (χ2v) is 2.70. The second-order valence-electron chi connectivity index (χ2n) is 2.70. The molecule has 0 heterocycles. The predicted octanol–water partition coefficient (Wildman–Crippen LogP) is 1.11. The van der Waals surface area contributed by atoms with Gasteiger partial charge in [-0.3, -0.25) is 0 Å². The van der Waals surface area contributed by atoms with Gasteiger partial charge in [0.05, 0.1) is 6.61 Å². The van der Waals surface area contributed by atoms with Crippen molar-refractivity contribution >= 4 is 0 Å². The number of hydrogen-bond acceptors (Lipinski definition) is 2. The molecule has 2 nitrogen and oxygen atoms in total. The van der Waals surface area contributed by atoms with Gasteiger partial charge in [0.25, 0.3) is 0 Å². The molecule has 0 saturated heterocycles. The molecule has 62 valence electrons. The molecule has 0 saturated carbocycles. The van der Waals surface area contributed by atoms with Crippen molar-refractivity contribution in [2.75, 3.05) is 27.3 Å². The third-order valence-corrected chi connectivity index (χ3v) is 1.82. The van der Waals surface area contributed by atoms with Crippen molar-refractivity contribution in [3.8, 4) is 0 Å². The van der Waals surface area contributed by atoms with Gasteiger partial charge in [-0.2, -0.15) is 0 Å². The van der Waals surface area contributed by atoms with Crippen molar-refractivity contribution in [2.45, 2.75) is 6.42 Å². The molecule has 1 N–H and O–H groups in total. The van der Waals surface area contributed by atoms with Crippen molar-refractivity contribution in [1.29, 1.82) is 0 Å². The fourth-order valence-electron chi connectivity index (χ4n) is 1.29. The smallest absolute Gasteiger partial charge is 0.0682 e. The molecule has 2 heteroatoms. The molecular formula is C9H15NO. The topological polar surface area (TPSA) is 21.3 Å². The zero-order valence-electron chi connectivity index (χ0n) is 7.18. The number of nitrogens with one attached hydrogen (secondary N) is 1. The first-order valence-corrected chi connectivity index (χ1v) is 3.89. The van der Waals surface area contributed by atoms with Crippen molar-refractivity contribution in [2.24, 2.45) is 0 Å². The first-order valence-electron chi connectivity index (χ1n) is 3.89. The van der Waals surface area contributed by atoms with Crippen LogP contribution in [0.15, 0.2) is 23.3 Å². The van der Waals surface area contributed by atoms with Crippen molar-refractivity contribution in [3.63, 3.8) is 0 Å². The van der Waals surface area contributed by atoms with E-state index in [1.807, 2.05) is 7.05 Å². The third-order valence-electron chi connectivity index (χ3n) is 1.82. The Hall–Kier alpha value is -0.600. The molecule has 1 rings (SSSR count). The molecule has 0 radical (unpaired) electrons. The lowest BCUT2D eigenvalue weighted by molar-refractivity contribution is 0.224. The van der Waals surface area contributed by atoms with Crippen LogP contribution in [0.2, 0.25) is 0 Å². The molecule has 11 heavy (non-hydrogen) atoms. The van der Waals surface area contributed by atoms with E-state index in [-0.39, 0.29) is 0 Å². The van der Waals surface area contributed by atoms with Gasteiger partial charge in [-0.15, -0.1) is 0 Å². The van der Waals surface area contributed by atoms with Gasteiger partial charge in [0.1, 0.15) is 0 Å². The van der Waals surface area contributed by atoms with Crippen molar-refractivity contribution in [3.05, 3.63) is 23.3 Å². The highest BCUT2D eigenvalue weighted by molar-refractivity contribution is 5.35. The standard InChI is InChI=1S/C9H15NO/c1-10-6-8-4-3-5-9(8)7-11-2/h3-4,10H,5-7H2,1-2H3. The zero-order chi connectivity index (χ0) is 8.10. The fraction of sp³-hybridized carbons (Fsp3) is 0.556. The predicted molar refractivity (Wildman–Crippen MR) is 46.6 cm³/mol. The summed E-state index contributed by atoms with van der Waals surface area (Å²) in [7, 11) is 3.70. The molecule has 1 aliphatic rings. The van der Waals surface area contributed by atoms with Crippen LogP contribution in [0.4, 0.5) is 0 Å². The summed E-state index contributed by atoms with van der Waals surface area (Å²) in [5, 5.41) is 3.13. The minimum Gasteiger partial charge on any atom is -0.380 e. The first-order chi connectivity index (χ1) is 5.38. The molecule has 0 bridgehead atoms. The highest BCUT2D eigenvalue weighted by atomic mass is 16.5. The number of likely N-dealkylation sites (N-methyl/N-ethyl adjacent to an activating group) is 1. The van der Waals surface area contributed by atoms with Gasteiger partial charge < -0.3 is 10.1 Å². The molecule has 0 fully saturated rings. The lowest BCUT2D eigenvalue weighted by Gasteiger charge is -2.04. The Morgan fingerprint density at radius 3 is 3.09 bits per heavy atom. The summed E-state index contributed by atoms with van der Waals surface area (Å²) in [4.78, 5) is 0. The monoisotopic (exact) mass is 153 g/mol. The molecule has 0 aliphatic heterocycles. The third kappa shape index (κ3) is 2.17. The summed E-state index contributed by atoms with van der Waals surface area (Å²) in [5.74, 6) is 0. The minimum absolute atomic E-state index is 0.768. The van der Waals surface area contributed by atoms with Crippen molar-refractivity contribution in [1.82, 2.24) is 5.32 Å². The quantitative estimate of drug-likeness (QED) is 0.653. The summed E-state index contributed by atoms with van der Waals surface area (Å²) >= 11 is 0. The van der Waals surface area contributed by atoms with Crippen LogP contribution in [-0.4, -0.2) is 27.3 Å². The lowest BCUT2D eigenvalue weighted by Crippen LogP contribution is -2.11. The van der Waals surface area contributed by atoms with E-state index in [2.05, 4.69) is 17.5 Å². The van der Waals surface area contributed by atoms with Gasteiger partial charge in [0.2, 0.25) is 0 Å². The van der Waals surface area contributed by atoms with E-state index in [0.717, 1.165) is 19.6 Å². The minimum atomic E-state index is 0.768. The van der Waals surface area contributed by atoms with Crippen LogP contribution in [-0.2, 0) is 4.74 Å². The Morgan fingerprint density at radius 1 is 1.64 bits per heavy atom. The molecule has 0 spiro atoms. The summed E-state index contributed by atoms with van der Waals surface area (Å²) in [6, 6.07) is 0. The van der Waals surface area contributed by atoms with E-state index in [4.69, 9.17) is 4.74 Å². The number of rotatable bonds is 4. The summed E-state index contributed by atoms with van der Waals surface area (Å²) in [6.45, 7) is 1.72. The fourth-order valence-corrected chi connectivity index (χ4v) is 1.29. The Morgan fingerprint density at radius 2 is 2.45 bits per heavy atom. The average molecular weight is 153 g/mol. The number of methoxy groups -OCH3 is 1. The maximum absolute atomic E-state index is 5.08. The van der Waals surface area contributed by atoms with Crippen LogP contribution in [0.1, 0.15) is 6.42 Å². The van der Waals surface area contributed by atoms with Crippen molar-refractivity contribution < 1.29 is 4.74 Å². The maximum Gasteiger partial charge on any atom is 0.0682 e. The molecule has 0 aromatic heterocycles. The zero-order valence-corrected chi connectivity index (χ0v) is 7.18. The molecule has 1 aliphatic carbocycles. The van der Waals surface area contributed by atoms with E-state index in [9.17, 15) is 0 Å². The maximum atomic E-state index is 5.08. The SMILES string of the molecule is CNCC1=C(COC)CC=C1. The van der Waals surface area contributed by atoms with E-state index in [1.165, 1.54) is 11.1 Å². The van der Waals surface area contributed by atoms with E-state index in [1.54, 1.807) is 7.11 Å². The Bertz CT molecular complexity index is 182. The molecule has 0 aromatic rings. The Kier molecular flexibility index (Phi) is 3.33. The van der Waals surface area contributed by atoms with E-state index >= 15 is 0 Å². The first kappa shape index (κ1) is 8.50. The molecule has 0 aromatic carbocycles. The van der Waals surface area contributed by atoms with Gasteiger partial charge in [-0.1, -0.05) is 12.2 Å². The van der Waals surface area contributed by atoms with Gasteiger partial charge in [-0.25, -0.2) is 0 Å². The van der Waals surface area contributed by atoms with Crippen LogP contribution in [0, 0.1) is 0 Å². The van der Waals surface area contributed by atoms with Gasteiger partial charge in [-0.05, 0) is 24.6 Å². The number of ether oxygens (including phenoxy) is 1. The summed E-state index contributed by atoms with van der Waals surface area (Å²) < 4.78 is 5.08. The lowest BCUT2D eigenvalue weighted by atomic mass is 10.1. The number of allylic oxidation sites excluding steroid dienone is 1. The molecular weight excluding hydrogens is 138 g/mol. The van der Waals surface area contributed by atoms with Crippen LogP contribution in [0.25, 0.3) is 0 Å². The Labute approximate surface area is 67.9 Å². The molecule has 0 amide bonds. The largest absolute Gasteiger partial charge is 0.380 e. The molecule has 0 unspecified atom stereocenters. The van der Waals surface area contributed by atoms with Gasteiger partial charge in [0.15, 0.2) is 0 Å². The normalized spacial score (nSPS) is 16.5. The van der Waals surface area contributed by atoms with Gasteiger partial charge >= 0.3 is 0 Å². The van der Waals surface area contributed by atoms with Crippen LogP contribution in [0.5, 0.6) is 0 Å². The highest BCUT2D eigenvalue weighted by Gasteiger charge is 2.06. The van der Waals surface area contributed by atoms with E-state index in [0.29, 0.717) is 0 Å². The summed E-state index contributed by atoms with van der Waals surface area (Å²) in [5.41, 5.74) is 2.79. The van der Waals surface area contributed by atoms with Crippen LogP contribution < -0.4 is 5.32 Å². The second kappa shape index (κ2) is 4.31. The molecule has 0 atom stereocenters. The van der Waals surface area contributed by atoms with E-state index < -0.39 is 0 Å². The Balaban J connectivity index is 2.52. The summed E-state index contributed by atoms with van der Waals surface area (Å²) in [6.07, 6.45) is 5.41. The van der Waals surface area contributed by atoms with Crippen LogP contribution >= 0.6 is 0 Å². The average Bonchev–Trinajstić information content (AvgIpc) is 2.39. The highest BCUT2D eigenvalue weighted by Crippen LogP contribution is 2.17.